The summed E-state index contributed by atoms with van der Waals surface area (Å²) < 4.78 is 0. The zero-order chi connectivity index (χ0) is 16.8. The summed E-state index contributed by atoms with van der Waals surface area (Å²) in [5.41, 5.74) is 0.581. The first-order chi connectivity index (χ1) is 11.0. The molecule has 0 aliphatic carbocycles. The number of carbonyl (C=O) groups is 2. The molecule has 1 aliphatic rings. The Morgan fingerprint density at radius 1 is 1.39 bits per heavy atom. The third kappa shape index (κ3) is 4.69. The van der Waals surface area contributed by atoms with Gasteiger partial charge in [0, 0.05) is 23.7 Å². The van der Waals surface area contributed by atoms with Gasteiger partial charge in [0.05, 0.1) is 18.6 Å². The standard InChI is InChI=1S/C17H23ClN2O3/c1-2-15(11-21)19-16(22)13-4-3-9-20(10-13)17(23)12-5-7-14(18)8-6-12/h5-8,13,15,21H,2-4,9-11H2,1H3,(H,19,22). The Balaban J connectivity index is 1.98. The molecular weight excluding hydrogens is 316 g/mol. The number of aliphatic hydroxyl groups excluding tert-OH is 1. The molecule has 1 aliphatic heterocycles. The number of hydrogen-bond acceptors (Lipinski definition) is 3. The molecule has 126 valence electrons. The Morgan fingerprint density at radius 2 is 2.09 bits per heavy atom. The van der Waals surface area contributed by atoms with Crippen LogP contribution in [-0.4, -0.2) is 47.6 Å². The molecule has 2 N–H and O–H groups in total. The van der Waals surface area contributed by atoms with Gasteiger partial charge in [-0.1, -0.05) is 18.5 Å². The molecule has 0 bridgehead atoms. The lowest BCUT2D eigenvalue weighted by atomic mass is 9.96. The number of carbonyl (C=O) groups excluding carboxylic acids is 2. The zero-order valence-corrected chi connectivity index (χ0v) is 14.1. The molecule has 1 aromatic rings. The van der Waals surface area contributed by atoms with E-state index in [0.717, 1.165) is 12.8 Å². The van der Waals surface area contributed by atoms with Crippen LogP contribution in [0.4, 0.5) is 0 Å². The van der Waals surface area contributed by atoms with Crippen LogP contribution in [-0.2, 0) is 4.79 Å². The molecule has 2 atom stereocenters. The predicted octanol–water partition coefficient (Wildman–Crippen LogP) is 2.08. The summed E-state index contributed by atoms with van der Waals surface area (Å²) >= 11 is 5.84. The normalized spacial score (nSPS) is 19.3. The second-order valence-corrected chi connectivity index (χ2v) is 6.33. The molecule has 2 amide bonds. The van der Waals surface area contributed by atoms with E-state index in [2.05, 4.69) is 5.32 Å². The van der Waals surface area contributed by atoms with Gasteiger partial charge in [-0.2, -0.15) is 0 Å². The molecule has 1 aromatic carbocycles. The van der Waals surface area contributed by atoms with E-state index in [-0.39, 0.29) is 30.4 Å². The van der Waals surface area contributed by atoms with E-state index in [4.69, 9.17) is 11.6 Å². The third-order valence-electron chi connectivity index (χ3n) is 4.23. The molecule has 1 saturated heterocycles. The summed E-state index contributed by atoms with van der Waals surface area (Å²) in [6.07, 6.45) is 2.24. The van der Waals surface area contributed by atoms with E-state index in [1.54, 1.807) is 29.2 Å². The summed E-state index contributed by atoms with van der Waals surface area (Å²) in [4.78, 5) is 26.5. The van der Waals surface area contributed by atoms with Gasteiger partial charge in [-0.25, -0.2) is 0 Å². The van der Waals surface area contributed by atoms with Crippen molar-refractivity contribution in [2.45, 2.75) is 32.2 Å². The average molecular weight is 339 g/mol. The van der Waals surface area contributed by atoms with Gasteiger partial charge in [0.15, 0.2) is 0 Å². The molecule has 1 fully saturated rings. The SMILES string of the molecule is CCC(CO)NC(=O)C1CCCN(C(=O)c2ccc(Cl)cc2)C1. The average Bonchev–Trinajstić information content (AvgIpc) is 2.59. The van der Waals surface area contributed by atoms with E-state index in [0.29, 0.717) is 30.1 Å². The fourth-order valence-electron chi connectivity index (χ4n) is 2.75. The van der Waals surface area contributed by atoms with Gasteiger partial charge in [-0.3, -0.25) is 9.59 Å². The summed E-state index contributed by atoms with van der Waals surface area (Å²) in [7, 11) is 0. The number of aliphatic hydroxyl groups is 1. The van der Waals surface area contributed by atoms with Crippen molar-refractivity contribution in [3.8, 4) is 0 Å². The lowest BCUT2D eigenvalue weighted by Crippen LogP contribution is -2.48. The summed E-state index contributed by atoms with van der Waals surface area (Å²) in [6.45, 7) is 2.92. The van der Waals surface area contributed by atoms with Gasteiger partial charge < -0.3 is 15.3 Å². The van der Waals surface area contributed by atoms with Crippen molar-refractivity contribution in [2.24, 2.45) is 5.92 Å². The number of likely N-dealkylation sites (tertiary alicyclic amines) is 1. The molecule has 2 rings (SSSR count). The van der Waals surface area contributed by atoms with E-state index in [1.807, 2.05) is 6.92 Å². The maximum absolute atomic E-state index is 12.5. The van der Waals surface area contributed by atoms with Crippen molar-refractivity contribution < 1.29 is 14.7 Å². The van der Waals surface area contributed by atoms with Crippen molar-refractivity contribution in [3.63, 3.8) is 0 Å². The van der Waals surface area contributed by atoms with Gasteiger partial charge in [-0.05, 0) is 43.5 Å². The fraction of sp³-hybridized carbons (Fsp3) is 0.529. The molecule has 1 heterocycles. The maximum Gasteiger partial charge on any atom is 0.253 e. The minimum atomic E-state index is -0.222. The van der Waals surface area contributed by atoms with Crippen LogP contribution in [0.5, 0.6) is 0 Å². The smallest absolute Gasteiger partial charge is 0.253 e. The van der Waals surface area contributed by atoms with Crippen molar-refractivity contribution in [1.82, 2.24) is 10.2 Å². The number of halogens is 1. The van der Waals surface area contributed by atoms with Crippen LogP contribution in [0.3, 0.4) is 0 Å². The first kappa shape index (κ1) is 17.8. The van der Waals surface area contributed by atoms with E-state index >= 15 is 0 Å². The Hall–Kier alpha value is -1.59. The van der Waals surface area contributed by atoms with E-state index < -0.39 is 0 Å². The Kier molecular flexibility index (Phi) is 6.42. The first-order valence-electron chi connectivity index (χ1n) is 8.01. The Morgan fingerprint density at radius 3 is 2.70 bits per heavy atom. The Labute approximate surface area is 141 Å². The zero-order valence-electron chi connectivity index (χ0n) is 13.3. The van der Waals surface area contributed by atoms with E-state index in [9.17, 15) is 14.7 Å². The van der Waals surface area contributed by atoms with Crippen molar-refractivity contribution in [2.75, 3.05) is 19.7 Å². The van der Waals surface area contributed by atoms with Crippen LogP contribution in [0, 0.1) is 5.92 Å². The van der Waals surface area contributed by atoms with Crippen LogP contribution >= 0.6 is 11.6 Å². The first-order valence-corrected chi connectivity index (χ1v) is 8.39. The van der Waals surface area contributed by atoms with Crippen LogP contribution < -0.4 is 5.32 Å². The minimum absolute atomic E-state index is 0.0671. The number of amides is 2. The lowest BCUT2D eigenvalue weighted by Gasteiger charge is -2.32. The van der Waals surface area contributed by atoms with Crippen molar-refractivity contribution >= 4 is 23.4 Å². The topological polar surface area (TPSA) is 69.6 Å². The van der Waals surface area contributed by atoms with Gasteiger partial charge in [0.1, 0.15) is 0 Å². The quantitative estimate of drug-likeness (QED) is 0.863. The van der Waals surface area contributed by atoms with Crippen LogP contribution in [0.1, 0.15) is 36.5 Å². The van der Waals surface area contributed by atoms with Crippen LogP contribution in [0.2, 0.25) is 5.02 Å². The van der Waals surface area contributed by atoms with Gasteiger partial charge in [-0.15, -0.1) is 0 Å². The highest BCUT2D eigenvalue weighted by atomic mass is 35.5. The summed E-state index contributed by atoms with van der Waals surface area (Å²) in [6, 6.07) is 6.57. The number of hydrogen-bond donors (Lipinski definition) is 2. The van der Waals surface area contributed by atoms with Gasteiger partial charge >= 0.3 is 0 Å². The number of nitrogens with zero attached hydrogens (tertiary/aromatic N) is 1. The largest absolute Gasteiger partial charge is 0.394 e. The van der Waals surface area contributed by atoms with Crippen molar-refractivity contribution in [3.05, 3.63) is 34.9 Å². The molecule has 2 unspecified atom stereocenters. The summed E-state index contributed by atoms with van der Waals surface area (Å²) in [5, 5.41) is 12.6. The second-order valence-electron chi connectivity index (χ2n) is 5.89. The third-order valence-corrected chi connectivity index (χ3v) is 4.48. The van der Waals surface area contributed by atoms with Crippen molar-refractivity contribution in [1.29, 1.82) is 0 Å². The molecule has 0 spiro atoms. The lowest BCUT2D eigenvalue weighted by molar-refractivity contribution is -0.127. The summed E-state index contributed by atoms with van der Waals surface area (Å²) in [5.74, 6) is -0.381. The minimum Gasteiger partial charge on any atom is -0.394 e. The Bertz CT molecular complexity index is 543. The van der Waals surface area contributed by atoms with Gasteiger partial charge in [0.2, 0.25) is 5.91 Å². The molecular formula is C17H23ClN2O3. The molecule has 23 heavy (non-hydrogen) atoms. The van der Waals surface area contributed by atoms with Crippen LogP contribution in [0.15, 0.2) is 24.3 Å². The molecule has 0 radical (unpaired) electrons. The predicted molar refractivity (Wildman–Crippen MR) is 89.4 cm³/mol. The monoisotopic (exact) mass is 338 g/mol. The molecule has 0 aromatic heterocycles. The van der Waals surface area contributed by atoms with Crippen LogP contribution in [0.25, 0.3) is 0 Å². The molecule has 6 heteroatoms. The fourth-order valence-corrected chi connectivity index (χ4v) is 2.87. The van der Waals surface area contributed by atoms with Gasteiger partial charge in [0.25, 0.3) is 5.91 Å². The maximum atomic E-state index is 12.5. The highest BCUT2D eigenvalue weighted by molar-refractivity contribution is 6.30. The number of benzene rings is 1. The number of rotatable bonds is 5. The number of piperidine rings is 1. The number of nitrogens with one attached hydrogen (secondary N) is 1. The second kappa shape index (κ2) is 8.31. The highest BCUT2D eigenvalue weighted by Crippen LogP contribution is 2.20. The molecule has 0 saturated carbocycles. The molecule has 5 nitrogen and oxygen atoms in total. The van der Waals surface area contributed by atoms with E-state index in [1.165, 1.54) is 0 Å². The highest BCUT2D eigenvalue weighted by Gasteiger charge is 2.29.